The second-order valence-electron chi connectivity index (χ2n) is 4.82. The lowest BCUT2D eigenvalue weighted by atomic mass is 9.97. The van der Waals surface area contributed by atoms with Crippen molar-refractivity contribution in [3.05, 3.63) is 64.0 Å². The average molecular weight is 352 g/mol. The fraction of sp³-hybridized carbons (Fsp3) is 0.0625. The van der Waals surface area contributed by atoms with Gasteiger partial charge in [0.2, 0.25) is 0 Å². The minimum Gasteiger partial charge on any atom is -0.250 e. The first-order valence-corrected chi connectivity index (χ1v) is 7.33. The summed E-state index contributed by atoms with van der Waals surface area (Å²) in [7, 11) is 0. The van der Waals surface area contributed by atoms with Crippen molar-refractivity contribution in [1.29, 1.82) is 0 Å². The Hall–Kier alpha value is -2.11. The molecular formula is C16H9Cl2F2N3. The molecule has 0 saturated heterocycles. The number of hydrogen-bond acceptors (Lipinski definition) is 3. The Morgan fingerprint density at radius 3 is 2.30 bits per heavy atom. The first-order valence-electron chi connectivity index (χ1n) is 6.57. The lowest BCUT2D eigenvalue weighted by Crippen LogP contribution is -2.00. The van der Waals surface area contributed by atoms with E-state index in [0.717, 1.165) is 17.8 Å². The number of pyridine rings is 1. The maximum atomic E-state index is 14.2. The molecule has 0 amide bonds. The summed E-state index contributed by atoms with van der Waals surface area (Å²) in [5, 5.41) is 8.33. The maximum Gasteiger partial charge on any atom is 0.161 e. The normalized spacial score (nSPS) is 10.8. The number of aryl methyl sites for hydroxylation is 1. The molecule has 23 heavy (non-hydrogen) atoms. The van der Waals surface area contributed by atoms with Gasteiger partial charge >= 0.3 is 0 Å². The number of rotatable bonds is 2. The summed E-state index contributed by atoms with van der Waals surface area (Å²) in [6.45, 7) is 1.72. The zero-order valence-electron chi connectivity index (χ0n) is 11.8. The highest BCUT2D eigenvalue weighted by Crippen LogP contribution is 2.38. The third-order valence-corrected chi connectivity index (χ3v) is 3.80. The third-order valence-electron chi connectivity index (χ3n) is 3.28. The van der Waals surface area contributed by atoms with Gasteiger partial charge in [-0.25, -0.2) is 13.8 Å². The first-order chi connectivity index (χ1) is 11.0. The van der Waals surface area contributed by atoms with Crippen molar-refractivity contribution in [2.75, 3.05) is 0 Å². The zero-order chi connectivity index (χ0) is 16.6. The fourth-order valence-corrected chi connectivity index (χ4v) is 2.64. The minimum atomic E-state index is -0.825. The van der Waals surface area contributed by atoms with Crippen LogP contribution in [-0.2, 0) is 0 Å². The second kappa shape index (κ2) is 6.18. The van der Waals surface area contributed by atoms with Crippen LogP contribution in [0.2, 0.25) is 10.2 Å². The van der Waals surface area contributed by atoms with Gasteiger partial charge in [-0.3, -0.25) is 0 Å². The molecule has 0 atom stereocenters. The third kappa shape index (κ3) is 3.02. The molecule has 1 aromatic carbocycles. The van der Waals surface area contributed by atoms with Crippen LogP contribution >= 0.6 is 23.2 Å². The smallest absolute Gasteiger partial charge is 0.161 e. The number of nitrogens with zero attached hydrogens (tertiary/aromatic N) is 3. The molecule has 2 aromatic heterocycles. The average Bonchev–Trinajstić information content (AvgIpc) is 2.51. The van der Waals surface area contributed by atoms with Gasteiger partial charge in [0.25, 0.3) is 0 Å². The predicted molar refractivity (Wildman–Crippen MR) is 85.4 cm³/mol. The number of benzene rings is 1. The highest BCUT2D eigenvalue weighted by molar-refractivity contribution is 6.33. The van der Waals surface area contributed by atoms with Crippen molar-refractivity contribution in [3.8, 4) is 22.4 Å². The molecule has 3 aromatic rings. The molecule has 3 nitrogen and oxygen atoms in total. The van der Waals surface area contributed by atoms with Gasteiger partial charge in [-0.1, -0.05) is 35.3 Å². The minimum absolute atomic E-state index is 0.0152. The lowest BCUT2D eigenvalue weighted by molar-refractivity contribution is 0.576. The van der Waals surface area contributed by atoms with E-state index in [0.29, 0.717) is 16.3 Å². The number of aromatic nitrogens is 3. The summed E-state index contributed by atoms with van der Waals surface area (Å²) < 4.78 is 27.3. The largest absolute Gasteiger partial charge is 0.250 e. The monoisotopic (exact) mass is 351 g/mol. The zero-order valence-corrected chi connectivity index (χ0v) is 13.3. The molecule has 0 aliphatic rings. The first kappa shape index (κ1) is 15.8. The van der Waals surface area contributed by atoms with Gasteiger partial charge in [-0.05, 0) is 24.6 Å². The van der Waals surface area contributed by atoms with Crippen LogP contribution in [0.15, 0.2) is 36.5 Å². The number of hydrogen-bond donors (Lipinski definition) is 0. The van der Waals surface area contributed by atoms with Crippen molar-refractivity contribution in [3.63, 3.8) is 0 Å². The molecule has 3 rings (SSSR count). The SMILES string of the molecule is Cc1nnc(Cl)c(-c2ncc(F)cc2F)c1-c1ccc(Cl)cc1. The Bertz CT molecular complexity index is 883. The molecule has 2 heterocycles. The highest BCUT2D eigenvalue weighted by atomic mass is 35.5. The van der Waals surface area contributed by atoms with E-state index < -0.39 is 11.6 Å². The van der Waals surface area contributed by atoms with Gasteiger partial charge < -0.3 is 0 Å². The molecular weight excluding hydrogens is 343 g/mol. The summed E-state index contributed by atoms with van der Waals surface area (Å²) in [4.78, 5) is 3.83. The Labute approximate surface area is 140 Å². The van der Waals surface area contributed by atoms with Gasteiger partial charge in [0.05, 0.1) is 17.5 Å². The van der Waals surface area contributed by atoms with Crippen molar-refractivity contribution < 1.29 is 8.78 Å². The standard InChI is InChI=1S/C16H9Cl2F2N3/c1-8-13(9-2-4-10(17)5-3-9)14(16(18)23-22-8)15-12(20)6-11(19)7-21-15/h2-7H,1H3. The van der Waals surface area contributed by atoms with Gasteiger partial charge in [0, 0.05) is 16.7 Å². The molecule has 0 aliphatic carbocycles. The molecule has 0 saturated carbocycles. The summed E-state index contributed by atoms with van der Waals surface area (Å²) in [6.07, 6.45) is 0.927. The molecule has 0 radical (unpaired) electrons. The van der Waals surface area contributed by atoms with E-state index in [4.69, 9.17) is 23.2 Å². The Morgan fingerprint density at radius 1 is 0.957 bits per heavy atom. The van der Waals surface area contributed by atoms with Gasteiger partial charge in [-0.2, -0.15) is 5.10 Å². The molecule has 0 aliphatic heterocycles. The van der Waals surface area contributed by atoms with E-state index >= 15 is 0 Å². The van der Waals surface area contributed by atoms with Crippen molar-refractivity contribution in [2.24, 2.45) is 0 Å². The van der Waals surface area contributed by atoms with Gasteiger partial charge in [-0.15, -0.1) is 5.10 Å². The quantitative estimate of drug-likeness (QED) is 0.644. The van der Waals surface area contributed by atoms with Crippen LogP contribution < -0.4 is 0 Å². The van der Waals surface area contributed by atoms with Crippen LogP contribution in [0, 0.1) is 18.6 Å². The Morgan fingerprint density at radius 2 is 1.65 bits per heavy atom. The molecule has 0 spiro atoms. The molecule has 0 bridgehead atoms. The predicted octanol–water partition coefficient (Wildman–Crippen LogP) is 5.10. The van der Waals surface area contributed by atoms with Crippen LogP contribution in [0.4, 0.5) is 8.78 Å². The lowest BCUT2D eigenvalue weighted by Gasteiger charge is -2.13. The van der Waals surface area contributed by atoms with E-state index in [1.807, 2.05) is 0 Å². The maximum absolute atomic E-state index is 14.2. The number of halogens is 4. The molecule has 0 unspecified atom stereocenters. The van der Waals surface area contributed by atoms with Crippen LogP contribution in [0.3, 0.4) is 0 Å². The van der Waals surface area contributed by atoms with Gasteiger partial charge in [0.15, 0.2) is 11.0 Å². The summed E-state index contributed by atoms with van der Waals surface area (Å²) in [5.74, 6) is -1.59. The molecule has 0 N–H and O–H groups in total. The van der Waals surface area contributed by atoms with E-state index in [9.17, 15) is 8.78 Å². The van der Waals surface area contributed by atoms with Crippen LogP contribution in [-0.4, -0.2) is 15.2 Å². The van der Waals surface area contributed by atoms with E-state index in [1.54, 1.807) is 31.2 Å². The van der Waals surface area contributed by atoms with E-state index in [-0.39, 0.29) is 16.4 Å². The summed E-state index contributed by atoms with van der Waals surface area (Å²) >= 11 is 12.0. The van der Waals surface area contributed by atoms with E-state index in [1.165, 1.54) is 0 Å². The molecule has 7 heteroatoms. The van der Waals surface area contributed by atoms with Crippen LogP contribution in [0.1, 0.15) is 5.69 Å². The summed E-state index contributed by atoms with van der Waals surface area (Å²) in [5.41, 5.74) is 2.01. The molecule has 0 fully saturated rings. The van der Waals surface area contributed by atoms with Crippen molar-refractivity contribution in [2.45, 2.75) is 6.92 Å². The van der Waals surface area contributed by atoms with Crippen LogP contribution in [0.5, 0.6) is 0 Å². The Kier molecular flexibility index (Phi) is 4.24. The molecule has 116 valence electrons. The van der Waals surface area contributed by atoms with Crippen LogP contribution in [0.25, 0.3) is 22.4 Å². The van der Waals surface area contributed by atoms with E-state index in [2.05, 4.69) is 15.2 Å². The second-order valence-corrected chi connectivity index (χ2v) is 5.61. The fourth-order valence-electron chi connectivity index (χ4n) is 2.29. The summed E-state index contributed by atoms with van der Waals surface area (Å²) in [6, 6.07) is 7.66. The van der Waals surface area contributed by atoms with Crippen molar-refractivity contribution in [1.82, 2.24) is 15.2 Å². The Balaban J connectivity index is 2.32. The van der Waals surface area contributed by atoms with Gasteiger partial charge in [0.1, 0.15) is 11.5 Å². The van der Waals surface area contributed by atoms with Crippen molar-refractivity contribution >= 4 is 23.2 Å². The topological polar surface area (TPSA) is 38.7 Å². The highest BCUT2D eigenvalue weighted by Gasteiger charge is 2.21.